The van der Waals surface area contributed by atoms with E-state index >= 15 is 0 Å². The molecule has 2 aliphatic heterocycles. The third-order valence-electron chi connectivity index (χ3n) is 5.45. The maximum atomic E-state index is 14.8. The first-order valence-electron chi connectivity index (χ1n) is 9.73. The van der Waals surface area contributed by atoms with Gasteiger partial charge in [0.15, 0.2) is 0 Å². The molecule has 2 atom stereocenters. The molecule has 2 saturated heterocycles. The Hall–Kier alpha value is -3.35. The molecule has 1 aromatic rings. The van der Waals surface area contributed by atoms with E-state index in [1.807, 2.05) is 4.90 Å². The predicted octanol–water partition coefficient (Wildman–Crippen LogP) is 1.28. The topological polar surface area (TPSA) is 109 Å². The second kappa shape index (κ2) is 8.98. The molecule has 3 amide bonds. The maximum absolute atomic E-state index is 14.8. The lowest BCUT2D eigenvalue weighted by Crippen LogP contribution is -2.41. The fourth-order valence-electron chi connectivity index (χ4n) is 3.87. The van der Waals surface area contributed by atoms with Crippen LogP contribution in [0, 0.1) is 18.3 Å². The summed E-state index contributed by atoms with van der Waals surface area (Å²) in [6, 6.07) is 3.71. The summed E-state index contributed by atoms with van der Waals surface area (Å²) in [6.45, 7) is 9.95. The number of carbonyl (C=O) groups is 3. The van der Waals surface area contributed by atoms with Crippen LogP contribution in [0.5, 0.6) is 0 Å². The van der Waals surface area contributed by atoms with Gasteiger partial charge in [0, 0.05) is 25.9 Å². The number of rotatable bonds is 6. The molecule has 3 rings (SSSR count). The number of hydrogen-bond acceptors (Lipinski definition) is 5. The third-order valence-corrected chi connectivity index (χ3v) is 5.45. The van der Waals surface area contributed by atoms with E-state index < -0.39 is 30.0 Å². The largest absolute Gasteiger partial charge is 0.442 e. The van der Waals surface area contributed by atoms with E-state index in [-0.39, 0.29) is 24.9 Å². The molecule has 1 unspecified atom stereocenters. The average molecular weight is 417 g/mol. The van der Waals surface area contributed by atoms with E-state index in [1.54, 1.807) is 12.1 Å². The Balaban J connectivity index is 1.64. The second-order valence-corrected chi connectivity index (χ2v) is 7.49. The number of amides is 3. The fourth-order valence-corrected chi connectivity index (χ4v) is 3.87. The van der Waals surface area contributed by atoms with Gasteiger partial charge in [-0.2, -0.15) is 0 Å². The van der Waals surface area contributed by atoms with Crippen molar-refractivity contribution < 1.29 is 23.5 Å². The number of ether oxygens (including phenoxy) is 1. The van der Waals surface area contributed by atoms with Gasteiger partial charge in [-0.3, -0.25) is 14.5 Å². The predicted molar refractivity (Wildman–Crippen MR) is 107 cm³/mol. The molecule has 0 spiro atoms. The molecular formula is C20H24FN5O4. The van der Waals surface area contributed by atoms with Crippen molar-refractivity contribution in [3.8, 4) is 0 Å². The summed E-state index contributed by atoms with van der Waals surface area (Å²) >= 11 is 0. The summed E-state index contributed by atoms with van der Waals surface area (Å²) in [6.07, 6.45) is 0.0553. The Morgan fingerprint density at radius 3 is 2.67 bits per heavy atom. The molecule has 0 saturated carbocycles. The first-order valence-corrected chi connectivity index (χ1v) is 9.73. The highest BCUT2D eigenvalue weighted by molar-refractivity contribution is 5.90. The monoisotopic (exact) mass is 417 g/mol. The van der Waals surface area contributed by atoms with Gasteiger partial charge in [0.05, 0.1) is 24.5 Å². The number of nitrogens with zero attached hydrogens (tertiary/aromatic N) is 3. The van der Waals surface area contributed by atoms with E-state index in [1.165, 1.54) is 17.9 Å². The van der Waals surface area contributed by atoms with Crippen molar-refractivity contribution in [2.45, 2.75) is 31.9 Å². The van der Waals surface area contributed by atoms with Gasteiger partial charge in [0.25, 0.3) is 0 Å². The smallest absolute Gasteiger partial charge is 0.414 e. The number of nitrogens with two attached hydrogens (primary N) is 1. The summed E-state index contributed by atoms with van der Waals surface area (Å²) in [5, 5.41) is 2.60. The Kier molecular flexibility index (Phi) is 6.40. The molecule has 0 aromatic heterocycles. The van der Waals surface area contributed by atoms with Crippen LogP contribution in [0.2, 0.25) is 0 Å². The molecule has 9 nitrogen and oxygen atoms in total. The van der Waals surface area contributed by atoms with E-state index in [4.69, 9.17) is 17.0 Å². The number of hydrogen-bond donors (Lipinski definition) is 2. The molecule has 30 heavy (non-hydrogen) atoms. The van der Waals surface area contributed by atoms with Crippen LogP contribution >= 0.6 is 0 Å². The van der Waals surface area contributed by atoms with E-state index in [0.717, 1.165) is 0 Å². The number of primary amides is 1. The number of halogens is 1. The van der Waals surface area contributed by atoms with Crippen molar-refractivity contribution in [2.24, 2.45) is 11.7 Å². The highest BCUT2D eigenvalue weighted by atomic mass is 19.1. The van der Waals surface area contributed by atoms with Gasteiger partial charge >= 0.3 is 18.0 Å². The Morgan fingerprint density at radius 1 is 1.40 bits per heavy atom. The lowest BCUT2D eigenvalue weighted by molar-refractivity contribution is -0.120. The van der Waals surface area contributed by atoms with Crippen LogP contribution in [0.3, 0.4) is 0 Å². The van der Waals surface area contributed by atoms with Gasteiger partial charge < -0.3 is 25.5 Å². The summed E-state index contributed by atoms with van der Waals surface area (Å²) in [7, 11) is 0. The summed E-state index contributed by atoms with van der Waals surface area (Å²) in [4.78, 5) is 41.0. The van der Waals surface area contributed by atoms with E-state index in [2.05, 4.69) is 10.2 Å². The van der Waals surface area contributed by atoms with Crippen LogP contribution in [-0.4, -0.2) is 56.2 Å². The molecule has 0 radical (unpaired) electrons. The molecule has 0 bridgehead atoms. The number of carbonyl (C=O) groups excluding carboxylic acids is 3. The first kappa shape index (κ1) is 21.4. The van der Waals surface area contributed by atoms with Crippen molar-refractivity contribution in [1.82, 2.24) is 5.32 Å². The number of benzene rings is 1. The van der Waals surface area contributed by atoms with E-state index in [9.17, 15) is 18.8 Å². The van der Waals surface area contributed by atoms with Gasteiger partial charge in [-0.25, -0.2) is 15.8 Å². The van der Waals surface area contributed by atoms with Gasteiger partial charge in [-0.1, -0.05) is 0 Å². The quantitative estimate of drug-likeness (QED) is 0.678. The summed E-state index contributed by atoms with van der Waals surface area (Å²) < 4.78 is 20.0. The second-order valence-electron chi connectivity index (χ2n) is 7.49. The third kappa shape index (κ3) is 4.62. The van der Waals surface area contributed by atoms with Crippen molar-refractivity contribution in [3.63, 3.8) is 0 Å². The molecule has 2 aliphatic rings. The van der Waals surface area contributed by atoms with Crippen LogP contribution < -0.4 is 20.9 Å². The van der Waals surface area contributed by atoms with Crippen LogP contribution in [0.25, 0.3) is 4.85 Å². The van der Waals surface area contributed by atoms with E-state index in [0.29, 0.717) is 37.3 Å². The minimum Gasteiger partial charge on any atom is -0.442 e. The fraction of sp³-hybridized carbons (Fsp3) is 0.500. The lowest BCUT2D eigenvalue weighted by Gasteiger charge is -2.33. The van der Waals surface area contributed by atoms with Gasteiger partial charge in [0.2, 0.25) is 5.91 Å². The average Bonchev–Trinajstić information content (AvgIpc) is 3.08. The minimum absolute atomic E-state index is 0.126. The molecule has 160 valence electrons. The van der Waals surface area contributed by atoms with Gasteiger partial charge in [-0.05, 0) is 31.0 Å². The Morgan fingerprint density at radius 2 is 2.10 bits per heavy atom. The van der Waals surface area contributed by atoms with Crippen molar-refractivity contribution in [1.29, 1.82) is 0 Å². The number of nitrogens with one attached hydrogen (secondary N) is 1. The molecule has 10 heteroatoms. The molecule has 3 N–H and O–H groups in total. The van der Waals surface area contributed by atoms with Crippen LogP contribution in [0.1, 0.15) is 19.8 Å². The van der Waals surface area contributed by atoms with Gasteiger partial charge in [0.1, 0.15) is 11.9 Å². The van der Waals surface area contributed by atoms with Gasteiger partial charge in [-0.15, -0.1) is 0 Å². The number of piperidine rings is 1. The van der Waals surface area contributed by atoms with Crippen molar-refractivity contribution in [2.75, 3.05) is 36.0 Å². The van der Waals surface area contributed by atoms with Crippen LogP contribution in [0.4, 0.5) is 20.6 Å². The molecule has 2 fully saturated rings. The van der Waals surface area contributed by atoms with Crippen LogP contribution in [-0.2, 0) is 14.3 Å². The van der Waals surface area contributed by atoms with Crippen molar-refractivity contribution in [3.05, 3.63) is 35.4 Å². The molecule has 2 heterocycles. The zero-order chi connectivity index (χ0) is 21.8. The number of anilines is 2. The highest BCUT2D eigenvalue weighted by Gasteiger charge is 2.36. The van der Waals surface area contributed by atoms with Crippen molar-refractivity contribution >= 4 is 29.3 Å². The standard InChI is InChI=1S/C20H24FN5O4/c1-12(27)24-10-15-11-26(20(29)30-15)14-3-4-17(16(21)9-14)25-7-5-13(6-8-25)18(23-2)19(22)28/h3-4,9,13,15,18H,5-8,10-11H2,1H3,(H2,22,28)(H,24,27)/t15-,18?/m0/s1. The molecule has 0 aliphatic carbocycles. The molecular weight excluding hydrogens is 393 g/mol. The zero-order valence-corrected chi connectivity index (χ0v) is 16.6. The van der Waals surface area contributed by atoms with Crippen LogP contribution in [0.15, 0.2) is 18.2 Å². The summed E-state index contributed by atoms with van der Waals surface area (Å²) in [5.41, 5.74) is 6.07. The first-order chi connectivity index (χ1) is 14.3. The highest BCUT2D eigenvalue weighted by Crippen LogP contribution is 2.31. The Bertz CT molecular complexity index is 878. The Labute approximate surface area is 173 Å². The number of cyclic esters (lactones) is 1. The summed E-state index contributed by atoms with van der Waals surface area (Å²) in [5.74, 6) is -1.44. The minimum atomic E-state index is -0.842. The SMILES string of the molecule is [C-]#[N+]C(C(N)=O)C1CCN(c2ccc(N3C[C@H](CNC(C)=O)OC3=O)cc2F)CC1. The maximum Gasteiger partial charge on any atom is 0.414 e. The normalized spacial score (nSPS) is 20.4. The lowest BCUT2D eigenvalue weighted by atomic mass is 9.89. The molecule has 1 aromatic carbocycles. The zero-order valence-electron chi connectivity index (χ0n) is 16.6.